The van der Waals surface area contributed by atoms with E-state index < -0.39 is 0 Å². The largest absolute Gasteiger partial charge is 0.455 e. The summed E-state index contributed by atoms with van der Waals surface area (Å²) in [6.07, 6.45) is 0. The van der Waals surface area contributed by atoms with Gasteiger partial charge in [-0.1, -0.05) is 29.8 Å². The van der Waals surface area contributed by atoms with E-state index in [4.69, 9.17) is 22.1 Å². The number of hydrogen-bond donors (Lipinski definition) is 1. The smallest absolute Gasteiger partial charge is 0.146 e. The molecule has 0 radical (unpaired) electrons. The van der Waals surface area contributed by atoms with Crippen LogP contribution >= 0.6 is 34.2 Å². The highest BCUT2D eigenvalue weighted by Gasteiger charge is 2.08. The molecule has 2 aromatic carbocycles. The zero-order valence-electron chi connectivity index (χ0n) is 9.86. The third kappa shape index (κ3) is 3.16. The van der Waals surface area contributed by atoms with Gasteiger partial charge in [0, 0.05) is 6.04 Å². The van der Waals surface area contributed by atoms with Gasteiger partial charge >= 0.3 is 0 Å². The number of hydrogen-bond acceptors (Lipinski definition) is 2. The maximum absolute atomic E-state index is 6.19. The molecule has 0 amide bonds. The van der Waals surface area contributed by atoms with Crippen LogP contribution in [-0.2, 0) is 0 Å². The molecule has 2 aromatic rings. The van der Waals surface area contributed by atoms with E-state index in [-0.39, 0.29) is 6.04 Å². The number of para-hydroxylation sites is 1. The molecule has 4 heteroatoms. The second-order valence-corrected chi connectivity index (χ2v) is 5.58. The minimum Gasteiger partial charge on any atom is -0.455 e. The lowest BCUT2D eigenvalue weighted by Crippen LogP contribution is -2.04. The molecule has 0 bridgehead atoms. The van der Waals surface area contributed by atoms with E-state index in [1.807, 2.05) is 49.4 Å². The van der Waals surface area contributed by atoms with Crippen molar-refractivity contribution in [1.29, 1.82) is 0 Å². The van der Waals surface area contributed by atoms with Crippen LogP contribution in [0.5, 0.6) is 11.5 Å². The van der Waals surface area contributed by atoms with Crippen molar-refractivity contribution in [2.75, 3.05) is 0 Å². The lowest BCUT2D eigenvalue weighted by atomic mass is 10.1. The molecule has 18 heavy (non-hydrogen) atoms. The van der Waals surface area contributed by atoms with Crippen LogP contribution in [0.3, 0.4) is 0 Å². The van der Waals surface area contributed by atoms with E-state index in [9.17, 15) is 0 Å². The van der Waals surface area contributed by atoms with Crippen molar-refractivity contribution in [1.82, 2.24) is 0 Å². The van der Waals surface area contributed by atoms with Crippen molar-refractivity contribution >= 4 is 34.2 Å². The molecule has 0 heterocycles. The van der Waals surface area contributed by atoms with Gasteiger partial charge in [0.05, 0.1) is 8.59 Å². The Bertz CT molecular complexity index is 557. The first kappa shape index (κ1) is 13.6. The Morgan fingerprint density at radius 1 is 1.17 bits per heavy atom. The Morgan fingerprint density at radius 2 is 1.89 bits per heavy atom. The third-order valence-corrected chi connectivity index (χ3v) is 3.72. The zero-order chi connectivity index (χ0) is 13.1. The predicted octanol–water partition coefficient (Wildman–Crippen LogP) is 4.76. The summed E-state index contributed by atoms with van der Waals surface area (Å²) in [5, 5.41) is 0.574. The van der Waals surface area contributed by atoms with E-state index in [1.54, 1.807) is 0 Å². The molecule has 0 aromatic heterocycles. The van der Waals surface area contributed by atoms with E-state index in [0.29, 0.717) is 10.8 Å². The second-order valence-electron chi connectivity index (χ2n) is 4.01. The van der Waals surface area contributed by atoms with Gasteiger partial charge in [-0.25, -0.2) is 0 Å². The average molecular weight is 374 g/mol. The third-order valence-electron chi connectivity index (χ3n) is 2.54. The fraction of sp³-hybridized carbons (Fsp3) is 0.143. The molecule has 0 aliphatic rings. The second kappa shape index (κ2) is 5.91. The molecule has 0 saturated carbocycles. The molecule has 2 nitrogen and oxygen atoms in total. The van der Waals surface area contributed by atoms with E-state index in [0.717, 1.165) is 14.9 Å². The highest BCUT2D eigenvalue weighted by Crippen LogP contribution is 2.33. The van der Waals surface area contributed by atoms with Crippen LogP contribution in [-0.4, -0.2) is 0 Å². The monoisotopic (exact) mass is 373 g/mol. The van der Waals surface area contributed by atoms with Gasteiger partial charge in [-0.05, 0) is 59.3 Å². The minimum absolute atomic E-state index is 0.0339. The fourth-order valence-electron chi connectivity index (χ4n) is 1.53. The van der Waals surface area contributed by atoms with Crippen molar-refractivity contribution in [3.63, 3.8) is 0 Å². The lowest BCUT2D eigenvalue weighted by Gasteiger charge is -2.11. The van der Waals surface area contributed by atoms with Crippen LogP contribution in [0.2, 0.25) is 5.02 Å². The summed E-state index contributed by atoms with van der Waals surface area (Å²) >= 11 is 8.42. The normalized spacial score (nSPS) is 12.2. The Labute approximate surface area is 125 Å². The summed E-state index contributed by atoms with van der Waals surface area (Å²) in [6, 6.07) is 13.4. The van der Waals surface area contributed by atoms with E-state index in [2.05, 4.69) is 22.6 Å². The molecule has 0 spiro atoms. The summed E-state index contributed by atoms with van der Waals surface area (Å²) in [7, 11) is 0. The number of rotatable bonds is 3. The van der Waals surface area contributed by atoms with Crippen molar-refractivity contribution in [3.05, 3.63) is 56.6 Å². The summed E-state index contributed by atoms with van der Waals surface area (Å²) in [5.41, 5.74) is 6.80. The van der Waals surface area contributed by atoms with Gasteiger partial charge in [-0.15, -0.1) is 0 Å². The maximum Gasteiger partial charge on any atom is 0.146 e. The molecule has 2 rings (SSSR count). The highest BCUT2D eigenvalue weighted by molar-refractivity contribution is 14.1. The molecule has 2 N–H and O–H groups in total. The fourth-order valence-corrected chi connectivity index (χ4v) is 2.25. The van der Waals surface area contributed by atoms with Gasteiger partial charge in [0.1, 0.15) is 11.5 Å². The molecule has 94 valence electrons. The van der Waals surface area contributed by atoms with Crippen molar-refractivity contribution in [3.8, 4) is 11.5 Å². The first-order valence-electron chi connectivity index (χ1n) is 5.55. The van der Waals surface area contributed by atoms with Crippen LogP contribution < -0.4 is 10.5 Å². The Hall–Kier alpha value is -0.780. The molecule has 1 unspecified atom stereocenters. The topological polar surface area (TPSA) is 35.2 Å². The number of ether oxygens (including phenoxy) is 1. The van der Waals surface area contributed by atoms with Crippen molar-refractivity contribution in [2.45, 2.75) is 13.0 Å². The standard InChI is InChI=1S/C14H13ClINO/c1-9(17)10-6-7-13(11(15)8-10)18-14-5-3-2-4-12(14)16/h2-9H,17H2,1H3. The first-order chi connectivity index (χ1) is 8.58. The quantitative estimate of drug-likeness (QED) is 0.788. The zero-order valence-corrected chi connectivity index (χ0v) is 12.8. The van der Waals surface area contributed by atoms with Gasteiger partial charge in [0.15, 0.2) is 0 Å². The van der Waals surface area contributed by atoms with Gasteiger partial charge in [0.25, 0.3) is 0 Å². The Kier molecular flexibility index (Phi) is 4.48. The number of halogens is 2. The number of nitrogens with two attached hydrogens (primary N) is 1. The van der Waals surface area contributed by atoms with Crippen LogP contribution in [0, 0.1) is 3.57 Å². The van der Waals surface area contributed by atoms with Crippen LogP contribution in [0.15, 0.2) is 42.5 Å². The minimum atomic E-state index is -0.0339. The van der Waals surface area contributed by atoms with Gasteiger partial charge in [0.2, 0.25) is 0 Å². The molecule has 0 aliphatic heterocycles. The molecule has 0 saturated heterocycles. The van der Waals surface area contributed by atoms with Crippen LogP contribution in [0.4, 0.5) is 0 Å². The number of benzene rings is 2. The van der Waals surface area contributed by atoms with E-state index in [1.165, 1.54) is 0 Å². The van der Waals surface area contributed by atoms with Gasteiger partial charge < -0.3 is 10.5 Å². The molecule has 0 fully saturated rings. The van der Waals surface area contributed by atoms with Gasteiger partial charge in [-0.2, -0.15) is 0 Å². The van der Waals surface area contributed by atoms with E-state index >= 15 is 0 Å². The molecular weight excluding hydrogens is 361 g/mol. The lowest BCUT2D eigenvalue weighted by molar-refractivity contribution is 0.479. The van der Waals surface area contributed by atoms with Crippen molar-refractivity contribution < 1.29 is 4.74 Å². The summed E-state index contributed by atoms with van der Waals surface area (Å²) in [4.78, 5) is 0. The SMILES string of the molecule is CC(N)c1ccc(Oc2ccccc2I)c(Cl)c1. The first-order valence-corrected chi connectivity index (χ1v) is 7.01. The molecule has 0 aliphatic carbocycles. The van der Waals surface area contributed by atoms with Crippen molar-refractivity contribution in [2.24, 2.45) is 5.73 Å². The summed E-state index contributed by atoms with van der Waals surface area (Å²) < 4.78 is 6.84. The molecular formula is C14H13ClINO. The summed E-state index contributed by atoms with van der Waals surface area (Å²) in [6.45, 7) is 1.92. The average Bonchev–Trinajstić information content (AvgIpc) is 2.34. The van der Waals surface area contributed by atoms with Gasteiger partial charge in [-0.3, -0.25) is 0 Å². The Morgan fingerprint density at radius 3 is 2.50 bits per heavy atom. The Balaban J connectivity index is 2.28. The van der Waals surface area contributed by atoms with Crippen LogP contribution in [0.1, 0.15) is 18.5 Å². The highest BCUT2D eigenvalue weighted by atomic mass is 127. The molecule has 1 atom stereocenters. The summed E-state index contributed by atoms with van der Waals surface area (Å²) in [5.74, 6) is 1.44. The predicted molar refractivity (Wildman–Crippen MR) is 83.3 cm³/mol. The van der Waals surface area contributed by atoms with Crippen LogP contribution in [0.25, 0.3) is 0 Å². The maximum atomic E-state index is 6.19.